The maximum absolute atomic E-state index is 12.4. The Bertz CT molecular complexity index is 2230. The molecule has 4 aromatic heterocycles. The van der Waals surface area contributed by atoms with Crippen LogP contribution < -0.4 is 11.1 Å². The predicted octanol–water partition coefficient (Wildman–Crippen LogP) is 8.79. The van der Waals surface area contributed by atoms with Crippen molar-refractivity contribution >= 4 is 32.4 Å². The number of rotatable bonds is 2. The van der Waals surface area contributed by atoms with Gasteiger partial charge in [-0.3, -0.25) is 9.59 Å². The molecule has 7 rings (SSSR count). The third-order valence-electron chi connectivity index (χ3n) is 8.12. The first-order chi connectivity index (χ1) is 20.9. The van der Waals surface area contributed by atoms with E-state index in [0.717, 1.165) is 60.5 Å². The van der Waals surface area contributed by atoms with Crippen LogP contribution in [-0.4, -0.2) is 19.9 Å². The molecule has 6 heteroatoms. The molecule has 0 aliphatic carbocycles. The predicted molar refractivity (Wildman–Crippen MR) is 184 cm³/mol. The van der Waals surface area contributed by atoms with Gasteiger partial charge in [-0.05, 0) is 46.2 Å². The van der Waals surface area contributed by atoms with Crippen LogP contribution in [0.15, 0.2) is 107 Å². The van der Waals surface area contributed by atoms with Gasteiger partial charge in [-0.25, -0.2) is 0 Å². The third-order valence-corrected chi connectivity index (χ3v) is 8.12. The second-order valence-electron chi connectivity index (χ2n) is 13.4. The van der Waals surface area contributed by atoms with Crippen molar-refractivity contribution in [2.45, 2.75) is 52.4 Å². The third kappa shape index (κ3) is 5.39. The van der Waals surface area contributed by atoms with Crippen molar-refractivity contribution in [2.24, 2.45) is 0 Å². The first kappa shape index (κ1) is 29.0. The van der Waals surface area contributed by atoms with Crippen molar-refractivity contribution in [1.82, 2.24) is 19.9 Å². The van der Waals surface area contributed by atoms with Crippen LogP contribution >= 0.6 is 0 Å². The summed E-state index contributed by atoms with van der Waals surface area (Å²) in [4.78, 5) is 36.6. The molecular formula is C38H38N4O2. The van der Waals surface area contributed by atoms with Crippen LogP contribution in [-0.2, 0) is 10.8 Å². The largest absolute Gasteiger partial charge is 0.357 e. The SMILES string of the molecule is CC(C)(C)c1cc(-c2cc[nH]c(=O)c2)c(-c2ccccc2)[nH]1.CC(C)(C)c1cc2c3cc[nH]c(=O)c3c3ccccc3c2[nH]1. The molecule has 0 amide bonds. The van der Waals surface area contributed by atoms with Gasteiger partial charge in [-0.15, -0.1) is 0 Å². The molecule has 0 saturated carbocycles. The average molecular weight is 583 g/mol. The Morgan fingerprint density at radius 2 is 1.16 bits per heavy atom. The first-order valence-corrected chi connectivity index (χ1v) is 14.9. The molecule has 6 nitrogen and oxygen atoms in total. The highest BCUT2D eigenvalue weighted by Crippen LogP contribution is 2.37. The van der Waals surface area contributed by atoms with Gasteiger partial charge in [0.15, 0.2) is 0 Å². The lowest BCUT2D eigenvalue weighted by atomic mass is 9.92. The number of H-pyrrole nitrogens is 4. The molecule has 0 fully saturated rings. The molecule has 0 aliphatic rings. The highest BCUT2D eigenvalue weighted by atomic mass is 16.1. The van der Waals surface area contributed by atoms with Gasteiger partial charge in [-0.2, -0.15) is 0 Å². The Morgan fingerprint density at radius 1 is 0.545 bits per heavy atom. The molecule has 44 heavy (non-hydrogen) atoms. The fourth-order valence-electron chi connectivity index (χ4n) is 5.70. The zero-order chi connectivity index (χ0) is 31.2. The smallest absolute Gasteiger partial charge is 0.256 e. The summed E-state index contributed by atoms with van der Waals surface area (Å²) in [6.07, 6.45) is 3.42. The number of fused-ring (bicyclic) bond motifs is 6. The molecule has 3 aromatic carbocycles. The van der Waals surface area contributed by atoms with E-state index in [-0.39, 0.29) is 21.9 Å². The Kier molecular flexibility index (Phi) is 7.16. The first-order valence-electron chi connectivity index (χ1n) is 14.9. The molecule has 4 N–H and O–H groups in total. The minimum absolute atomic E-state index is 0.0168. The zero-order valence-corrected chi connectivity index (χ0v) is 26.1. The second kappa shape index (κ2) is 10.9. The monoisotopic (exact) mass is 582 g/mol. The second-order valence-corrected chi connectivity index (χ2v) is 13.4. The fraction of sp³-hybridized carbons (Fsp3) is 0.211. The minimum atomic E-state index is -0.0879. The quantitative estimate of drug-likeness (QED) is 0.153. The van der Waals surface area contributed by atoms with Crippen LogP contribution in [0.5, 0.6) is 0 Å². The number of hydrogen-bond donors (Lipinski definition) is 4. The van der Waals surface area contributed by atoms with Gasteiger partial charge < -0.3 is 19.9 Å². The van der Waals surface area contributed by atoms with E-state index < -0.39 is 0 Å². The van der Waals surface area contributed by atoms with Crippen LogP contribution in [0.1, 0.15) is 52.9 Å². The van der Waals surface area contributed by atoms with Crippen molar-refractivity contribution in [3.8, 4) is 22.4 Å². The molecule has 4 heterocycles. The molecule has 0 aliphatic heterocycles. The van der Waals surface area contributed by atoms with E-state index in [1.54, 1.807) is 18.5 Å². The minimum Gasteiger partial charge on any atom is -0.357 e. The molecule has 0 spiro atoms. The number of aromatic nitrogens is 4. The standard InChI is InChI=1S/C19H18N2O.C19H20N2O/c1-19(2,3)15-10-14-12-8-9-20-18(22)16(12)11-6-4-5-7-13(11)17(14)21-15;1-19(2,3)16-12-15(14-9-10-20-17(22)11-14)18(21-16)13-7-5-4-6-8-13/h4-10,21H,1-3H3,(H,20,22);4-12,21H,1-3H3,(H,20,22). The maximum atomic E-state index is 12.4. The Labute approximate surface area is 256 Å². The topological polar surface area (TPSA) is 97.3 Å². The summed E-state index contributed by atoms with van der Waals surface area (Å²) in [7, 11) is 0. The normalized spacial score (nSPS) is 12.0. The van der Waals surface area contributed by atoms with Crippen molar-refractivity contribution in [3.63, 3.8) is 0 Å². The van der Waals surface area contributed by atoms with Crippen LogP contribution in [0.3, 0.4) is 0 Å². The number of nitrogens with one attached hydrogen (secondary N) is 4. The molecule has 0 unspecified atom stereocenters. The van der Waals surface area contributed by atoms with Crippen LogP contribution in [0.2, 0.25) is 0 Å². The number of benzene rings is 3. The van der Waals surface area contributed by atoms with E-state index in [1.807, 2.05) is 48.5 Å². The molecule has 7 aromatic rings. The van der Waals surface area contributed by atoms with Gasteiger partial charge in [0.05, 0.1) is 16.6 Å². The molecule has 222 valence electrons. The summed E-state index contributed by atoms with van der Waals surface area (Å²) in [5.41, 5.74) is 7.53. The summed E-state index contributed by atoms with van der Waals surface area (Å²) < 4.78 is 0. The van der Waals surface area contributed by atoms with Crippen molar-refractivity contribution in [2.75, 3.05) is 0 Å². The summed E-state index contributed by atoms with van der Waals surface area (Å²) in [5, 5.41) is 4.98. The molecular weight excluding hydrogens is 544 g/mol. The Balaban J connectivity index is 0.000000156. The van der Waals surface area contributed by atoms with Crippen LogP contribution in [0.25, 0.3) is 54.8 Å². The van der Waals surface area contributed by atoms with E-state index in [4.69, 9.17) is 0 Å². The van der Waals surface area contributed by atoms with Crippen LogP contribution in [0, 0.1) is 0 Å². The molecule has 0 atom stereocenters. The van der Waals surface area contributed by atoms with E-state index in [9.17, 15) is 9.59 Å². The summed E-state index contributed by atoms with van der Waals surface area (Å²) in [5.74, 6) is 0. The zero-order valence-electron chi connectivity index (χ0n) is 26.1. The van der Waals surface area contributed by atoms with Gasteiger partial charge in [0.1, 0.15) is 0 Å². The Morgan fingerprint density at radius 3 is 1.84 bits per heavy atom. The van der Waals surface area contributed by atoms with Gasteiger partial charge in [0.2, 0.25) is 5.56 Å². The average Bonchev–Trinajstić information content (AvgIpc) is 3.65. The lowest BCUT2D eigenvalue weighted by Crippen LogP contribution is -2.11. The van der Waals surface area contributed by atoms with Crippen molar-refractivity contribution in [1.29, 1.82) is 0 Å². The summed E-state index contributed by atoms with van der Waals surface area (Å²) in [6.45, 7) is 13.1. The highest BCUT2D eigenvalue weighted by Gasteiger charge is 2.21. The maximum Gasteiger partial charge on any atom is 0.256 e. The lowest BCUT2D eigenvalue weighted by Gasteiger charge is -2.16. The van der Waals surface area contributed by atoms with E-state index in [0.29, 0.717) is 0 Å². The van der Waals surface area contributed by atoms with Crippen LogP contribution in [0.4, 0.5) is 0 Å². The number of pyridine rings is 2. The van der Waals surface area contributed by atoms with E-state index in [1.165, 1.54) is 5.69 Å². The van der Waals surface area contributed by atoms with Gasteiger partial charge in [-0.1, -0.05) is 96.1 Å². The van der Waals surface area contributed by atoms with Crippen molar-refractivity contribution < 1.29 is 0 Å². The summed E-state index contributed by atoms with van der Waals surface area (Å²) >= 11 is 0. The summed E-state index contributed by atoms with van der Waals surface area (Å²) in [6, 6.07) is 28.2. The van der Waals surface area contributed by atoms with E-state index >= 15 is 0 Å². The highest BCUT2D eigenvalue weighted by molar-refractivity contribution is 6.24. The lowest BCUT2D eigenvalue weighted by molar-refractivity contribution is 0.573. The fourth-order valence-corrected chi connectivity index (χ4v) is 5.70. The molecule has 0 saturated heterocycles. The van der Waals surface area contributed by atoms with Crippen molar-refractivity contribution in [3.05, 3.63) is 129 Å². The number of hydrogen-bond acceptors (Lipinski definition) is 2. The molecule has 0 bridgehead atoms. The number of aromatic amines is 4. The van der Waals surface area contributed by atoms with Gasteiger partial charge in [0.25, 0.3) is 5.56 Å². The molecule has 0 radical (unpaired) electrons. The van der Waals surface area contributed by atoms with Gasteiger partial charge >= 0.3 is 0 Å². The van der Waals surface area contributed by atoms with E-state index in [2.05, 4.69) is 91.8 Å². The van der Waals surface area contributed by atoms with Gasteiger partial charge in [0, 0.05) is 57.0 Å². The Hall–Kier alpha value is -5.10.